The molecule has 5 heteroatoms. The average Bonchev–Trinajstić information content (AvgIpc) is 2.93. The van der Waals surface area contributed by atoms with E-state index in [-0.39, 0.29) is 6.04 Å². The molecule has 0 heterocycles. The van der Waals surface area contributed by atoms with E-state index in [4.69, 9.17) is 0 Å². The van der Waals surface area contributed by atoms with Crippen LogP contribution in [-0.4, -0.2) is 21.5 Å². The van der Waals surface area contributed by atoms with Crippen LogP contribution in [-0.2, 0) is 10.0 Å². The van der Waals surface area contributed by atoms with Crippen LogP contribution in [0.5, 0.6) is 0 Å². The van der Waals surface area contributed by atoms with E-state index in [0.717, 1.165) is 6.42 Å². The number of hydrogen-bond acceptors (Lipinski definition) is 3. The van der Waals surface area contributed by atoms with Crippen molar-refractivity contribution in [1.82, 2.24) is 4.72 Å². The van der Waals surface area contributed by atoms with Gasteiger partial charge in [0.25, 0.3) is 0 Å². The molecule has 2 atom stereocenters. The number of para-hydroxylation sites is 1. The van der Waals surface area contributed by atoms with E-state index in [1.165, 1.54) is 0 Å². The molecule has 1 fully saturated rings. The summed E-state index contributed by atoms with van der Waals surface area (Å²) in [5.74, 6) is 0.455. The second-order valence-electron chi connectivity index (χ2n) is 4.19. The highest BCUT2D eigenvalue weighted by Gasteiger charge is 2.36. The van der Waals surface area contributed by atoms with Gasteiger partial charge in [0.05, 0.1) is 5.69 Å². The molecule has 88 valence electrons. The van der Waals surface area contributed by atoms with Crippen molar-refractivity contribution < 1.29 is 8.42 Å². The largest absolute Gasteiger partial charge is 0.387 e. The first-order chi connectivity index (χ1) is 7.54. The van der Waals surface area contributed by atoms with Crippen LogP contribution in [0.1, 0.15) is 13.3 Å². The second-order valence-corrected chi connectivity index (χ2v) is 5.87. The molecule has 1 saturated carbocycles. The Morgan fingerprint density at radius 1 is 1.31 bits per heavy atom. The number of benzene rings is 1. The fraction of sp³-hybridized carbons (Fsp3) is 0.455. The van der Waals surface area contributed by atoms with Crippen LogP contribution >= 0.6 is 0 Å². The first-order valence-electron chi connectivity index (χ1n) is 5.33. The van der Waals surface area contributed by atoms with Gasteiger partial charge >= 0.3 is 0 Å². The van der Waals surface area contributed by atoms with E-state index in [0.29, 0.717) is 16.5 Å². The summed E-state index contributed by atoms with van der Waals surface area (Å²) in [6.07, 6.45) is 0.931. The Kier molecular flexibility index (Phi) is 2.90. The van der Waals surface area contributed by atoms with E-state index in [9.17, 15) is 8.42 Å². The quantitative estimate of drug-likeness (QED) is 0.836. The zero-order valence-corrected chi connectivity index (χ0v) is 10.2. The van der Waals surface area contributed by atoms with Gasteiger partial charge in [0.2, 0.25) is 10.0 Å². The molecule has 2 N–H and O–H groups in total. The van der Waals surface area contributed by atoms with Gasteiger partial charge in [-0.2, -0.15) is 0 Å². The lowest BCUT2D eigenvalue weighted by Crippen LogP contribution is -2.27. The Bertz CT molecular complexity index is 485. The maximum Gasteiger partial charge on any atom is 0.242 e. The van der Waals surface area contributed by atoms with Crippen LogP contribution in [0.2, 0.25) is 0 Å². The molecule has 0 aliphatic heterocycles. The Hall–Kier alpha value is -1.07. The lowest BCUT2D eigenvalue weighted by molar-refractivity contribution is 0.578. The Morgan fingerprint density at radius 2 is 1.94 bits per heavy atom. The molecule has 0 amide bonds. The zero-order chi connectivity index (χ0) is 11.8. The van der Waals surface area contributed by atoms with Crippen molar-refractivity contribution in [2.45, 2.75) is 24.3 Å². The van der Waals surface area contributed by atoms with E-state index >= 15 is 0 Å². The molecular formula is C11H16N2O2S. The number of hydrogen-bond donors (Lipinski definition) is 2. The van der Waals surface area contributed by atoms with Crippen LogP contribution in [0.3, 0.4) is 0 Å². The summed E-state index contributed by atoms with van der Waals surface area (Å²) in [7, 11) is -1.67. The van der Waals surface area contributed by atoms with Gasteiger partial charge < -0.3 is 5.32 Å². The predicted molar refractivity (Wildman–Crippen MR) is 63.9 cm³/mol. The second kappa shape index (κ2) is 4.07. The van der Waals surface area contributed by atoms with Crippen molar-refractivity contribution in [2.24, 2.45) is 5.92 Å². The Morgan fingerprint density at radius 3 is 2.50 bits per heavy atom. The minimum atomic E-state index is -3.39. The van der Waals surface area contributed by atoms with Gasteiger partial charge in [-0.1, -0.05) is 19.1 Å². The summed E-state index contributed by atoms with van der Waals surface area (Å²) < 4.78 is 26.8. The van der Waals surface area contributed by atoms with Crippen molar-refractivity contribution >= 4 is 15.7 Å². The van der Waals surface area contributed by atoms with Crippen molar-refractivity contribution in [1.29, 1.82) is 0 Å². The summed E-state index contributed by atoms with van der Waals surface area (Å²) >= 11 is 0. The maximum atomic E-state index is 12.1. The summed E-state index contributed by atoms with van der Waals surface area (Å²) in [6.45, 7) is 2.04. The monoisotopic (exact) mass is 240 g/mol. The summed E-state index contributed by atoms with van der Waals surface area (Å²) in [5.41, 5.74) is 0.628. The van der Waals surface area contributed by atoms with Gasteiger partial charge in [0, 0.05) is 13.1 Å². The standard InChI is InChI=1S/C11H16N2O2S/c1-8-7-10(8)13-16(14,15)11-6-4-3-5-9(11)12-2/h3-6,8,10,12-13H,7H2,1-2H3. The van der Waals surface area contributed by atoms with Crippen molar-refractivity contribution in [3.8, 4) is 0 Å². The van der Waals surface area contributed by atoms with E-state index in [2.05, 4.69) is 10.0 Å². The molecule has 0 aromatic heterocycles. The van der Waals surface area contributed by atoms with Crippen LogP contribution in [0, 0.1) is 5.92 Å². The average molecular weight is 240 g/mol. The van der Waals surface area contributed by atoms with Crippen LogP contribution in [0.4, 0.5) is 5.69 Å². The normalized spacial score (nSPS) is 24.1. The molecule has 1 aromatic carbocycles. The molecule has 2 unspecified atom stereocenters. The molecule has 0 bridgehead atoms. The number of sulfonamides is 1. The number of nitrogens with one attached hydrogen (secondary N) is 2. The molecule has 0 radical (unpaired) electrons. The molecule has 1 aliphatic rings. The van der Waals surface area contributed by atoms with E-state index in [1.807, 2.05) is 13.0 Å². The van der Waals surface area contributed by atoms with E-state index < -0.39 is 10.0 Å². The summed E-state index contributed by atoms with van der Waals surface area (Å²) in [4.78, 5) is 0.316. The molecule has 1 aliphatic carbocycles. The Labute approximate surface area is 96.1 Å². The topological polar surface area (TPSA) is 58.2 Å². The summed E-state index contributed by atoms with van der Waals surface area (Å²) in [5, 5.41) is 2.89. The third-order valence-corrected chi connectivity index (χ3v) is 4.41. The molecule has 1 aromatic rings. The molecule has 2 rings (SSSR count). The molecular weight excluding hydrogens is 224 g/mol. The van der Waals surface area contributed by atoms with Crippen LogP contribution in [0.25, 0.3) is 0 Å². The third-order valence-electron chi connectivity index (χ3n) is 2.86. The van der Waals surface area contributed by atoms with Gasteiger partial charge in [-0.3, -0.25) is 0 Å². The molecule has 16 heavy (non-hydrogen) atoms. The lowest BCUT2D eigenvalue weighted by Gasteiger charge is -2.10. The highest BCUT2D eigenvalue weighted by molar-refractivity contribution is 7.89. The van der Waals surface area contributed by atoms with Gasteiger partial charge in [-0.15, -0.1) is 0 Å². The number of anilines is 1. The SMILES string of the molecule is CNc1ccccc1S(=O)(=O)NC1CC1C. The highest BCUT2D eigenvalue weighted by atomic mass is 32.2. The van der Waals surface area contributed by atoms with Crippen molar-refractivity contribution in [3.63, 3.8) is 0 Å². The summed E-state index contributed by atoms with van der Waals surface area (Å²) in [6, 6.07) is 7.01. The predicted octanol–water partition coefficient (Wildman–Crippen LogP) is 1.41. The molecule has 0 saturated heterocycles. The zero-order valence-electron chi connectivity index (χ0n) is 9.40. The minimum Gasteiger partial charge on any atom is -0.387 e. The van der Waals surface area contributed by atoms with Gasteiger partial charge in [0.1, 0.15) is 4.90 Å². The molecule has 0 spiro atoms. The van der Waals surface area contributed by atoms with Crippen molar-refractivity contribution in [3.05, 3.63) is 24.3 Å². The third kappa shape index (κ3) is 2.20. The Balaban J connectivity index is 2.28. The van der Waals surface area contributed by atoms with Crippen LogP contribution < -0.4 is 10.0 Å². The lowest BCUT2D eigenvalue weighted by atomic mass is 10.3. The van der Waals surface area contributed by atoms with Gasteiger partial charge in [0.15, 0.2) is 0 Å². The van der Waals surface area contributed by atoms with E-state index in [1.54, 1.807) is 25.2 Å². The molecule has 4 nitrogen and oxygen atoms in total. The van der Waals surface area contributed by atoms with Gasteiger partial charge in [-0.25, -0.2) is 13.1 Å². The first-order valence-corrected chi connectivity index (χ1v) is 6.82. The fourth-order valence-corrected chi connectivity index (χ4v) is 3.23. The number of rotatable bonds is 4. The maximum absolute atomic E-state index is 12.1. The van der Waals surface area contributed by atoms with Crippen LogP contribution in [0.15, 0.2) is 29.2 Å². The fourth-order valence-electron chi connectivity index (χ4n) is 1.66. The highest BCUT2D eigenvalue weighted by Crippen LogP contribution is 2.31. The first kappa shape index (κ1) is 11.4. The van der Waals surface area contributed by atoms with Gasteiger partial charge in [-0.05, 0) is 24.5 Å². The smallest absolute Gasteiger partial charge is 0.242 e. The minimum absolute atomic E-state index is 0.106. The van der Waals surface area contributed by atoms with Crippen molar-refractivity contribution in [2.75, 3.05) is 12.4 Å².